The van der Waals surface area contributed by atoms with E-state index >= 15 is 0 Å². The van der Waals surface area contributed by atoms with Gasteiger partial charge in [-0.3, -0.25) is 4.79 Å². The molecular formula is C7H9NO. The molecule has 1 heterocycles. The largest absolute Gasteiger partial charge is 0.329 e. The summed E-state index contributed by atoms with van der Waals surface area (Å²) in [5, 5.41) is 0. The van der Waals surface area contributed by atoms with Crippen LogP contribution < -0.4 is 5.56 Å². The van der Waals surface area contributed by atoms with E-state index in [4.69, 9.17) is 0 Å². The van der Waals surface area contributed by atoms with Gasteiger partial charge in [-0.1, -0.05) is 0 Å². The van der Waals surface area contributed by atoms with E-state index in [2.05, 4.69) is 4.98 Å². The van der Waals surface area contributed by atoms with Crippen molar-refractivity contribution in [2.24, 2.45) is 0 Å². The molecule has 0 aliphatic rings. The van der Waals surface area contributed by atoms with Crippen LogP contribution in [0.15, 0.2) is 17.1 Å². The first-order valence-electron chi connectivity index (χ1n) is 2.86. The third-order valence-electron chi connectivity index (χ3n) is 1.48. The van der Waals surface area contributed by atoms with E-state index in [1.807, 2.05) is 19.9 Å². The lowest BCUT2D eigenvalue weighted by Crippen LogP contribution is -2.08. The Labute approximate surface area is 53.5 Å². The Hall–Kier alpha value is -1.05. The van der Waals surface area contributed by atoms with Crippen molar-refractivity contribution < 1.29 is 0 Å². The maximum Gasteiger partial charge on any atom is 0.251 e. The highest BCUT2D eigenvalue weighted by Crippen LogP contribution is 1.95. The SMILES string of the molecule is Cc1cc[nH]c(=O)c1C. The zero-order valence-electron chi connectivity index (χ0n) is 5.56. The Bertz CT molecular complexity index is 262. The number of aromatic amines is 1. The van der Waals surface area contributed by atoms with Crippen molar-refractivity contribution in [2.75, 3.05) is 0 Å². The van der Waals surface area contributed by atoms with Gasteiger partial charge in [0.15, 0.2) is 0 Å². The molecule has 0 saturated carbocycles. The number of nitrogens with one attached hydrogen (secondary N) is 1. The summed E-state index contributed by atoms with van der Waals surface area (Å²) in [5.41, 5.74) is 1.85. The van der Waals surface area contributed by atoms with E-state index < -0.39 is 0 Å². The molecule has 0 radical (unpaired) electrons. The number of aryl methyl sites for hydroxylation is 1. The van der Waals surface area contributed by atoms with E-state index in [-0.39, 0.29) is 5.56 Å². The second-order valence-corrected chi connectivity index (χ2v) is 2.11. The minimum Gasteiger partial charge on any atom is -0.329 e. The first-order valence-corrected chi connectivity index (χ1v) is 2.86. The van der Waals surface area contributed by atoms with E-state index in [1.54, 1.807) is 6.20 Å². The fourth-order valence-corrected chi connectivity index (χ4v) is 0.655. The zero-order valence-corrected chi connectivity index (χ0v) is 5.56. The first kappa shape index (κ1) is 6.08. The van der Waals surface area contributed by atoms with Crippen LogP contribution in [-0.2, 0) is 0 Å². The average Bonchev–Trinajstić information content (AvgIpc) is 1.83. The molecular weight excluding hydrogens is 114 g/mol. The van der Waals surface area contributed by atoms with Crippen molar-refractivity contribution in [3.63, 3.8) is 0 Å². The van der Waals surface area contributed by atoms with E-state index in [1.165, 1.54) is 0 Å². The molecule has 1 N–H and O–H groups in total. The van der Waals surface area contributed by atoms with Gasteiger partial charge in [0, 0.05) is 11.8 Å². The van der Waals surface area contributed by atoms with E-state index in [0.29, 0.717) is 0 Å². The molecule has 0 saturated heterocycles. The summed E-state index contributed by atoms with van der Waals surface area (Å²) in [6.45, 7) is 3.73. The number of aromatic nitrogens is 1. The number of pyridine rings is 1. The Morgan fingerprint density at radius 2 is 2.11 bits per heavy atom. The van der Waals surface area contributed by atoms with Gasteiger partial charge in [-0.25, -0.2) is 0 Å². The quantitative estimate of drug-likeness (QED) is 0.548. The highest BCUT2D eigenvalue weighted by Gasteiger charge is 1.92. The fourth-order valence-electron chi connectivity index (χ4n) is 0.655. The number of H-pyrrole nitrogens is 1. The topological polar surface area (TPSA) is 32.9 Å². The van der Waals surface area contributed by atoms with Gasteiger partial charge in [-0.2, -0.15) is 0 Å². The summed E-state index contributed by atoms with van der Waals surface area (Å²) < 4.78 is 0. The summed E-state index contributed by atoms with van der Waals surface area (Å²) in [5.74, 6) is 0. The summed E-state index contributed by atoms with van der Waals surface area (Å²) in [4.78, 5) is 13.4. The first-order chi connectivity index (χ1) is 4.22. The van der Waals surface area contributed by atoms with Gasteiger partial charge in [-0.15, -0.1) is 0 Å². The maximum atomic E-state index is 10.8. The van der Waals surface area contributed by atoms with Gasteiger partial charge >= 0.3 is 0 Å². The summed E-state index contributed by atoms with van der Waals surface area (Å²) >= 11 is 0. The Morgan fingerprint density at radius 1 is 1.44 bits per heavy atom. The molecule has 1 rings (SSSR count). The van der Waals surface area contributed by atoms with Crippen molar-refractivity contribution in [1.82, 2.24) is 4.98 Å². The van der Waals surface area contributed by atoms with Crippen molar-refractivity contribution >= 4 is 0 Å². The lowest BCUT2D eigenvalue weighted by Gasteiger charge is -1.93. The third-order valence-corrected chi connectivity index (χ3v) is 1.48. The molecule has 1 aromatic rings. The van der Waals surface area contributed by atoms with Crippen LogP contribution in [-0.4, -0.2) is 4.98 Å². The standard InChI is InChI=1S/C7H9NO/c1-5-3-4-8-7(9)6(5)2/h3-4H,1-2H3,(H,8,9). The molecule has 2 heteroatoms. The second-order valence-electron chi connectivity index (χ2n) is 2.11. The molecule has 1 aromatic heterocycles. The molecule has 0 fully saturated rings. The van der Waals surface area contributed by atoms with Crippen LogP contribution in [0.25, 0.3) is 0 Å². The predicted octanol–water partition coefficient (Wildman–Crippen LogP) is 0.992. The van der Waals surface area contributed by atoms with Gasteiger partial charge < -0.3 is 4.98 Å². The van der Waals surface area contributed by atoms with E-state index in [9.17, 15) is 4.79 Å². The molecule has 0 spiro atoms. The van der Waals surface area contributed by atoms with Crippen LogP contribution in [0.5, 0.6) is 0 Å². The molecule has 2 nitrogen and oxygen atoms in total. The molecule has 0 aliphatic heterocycles. The molecule has 0 bridgehead atoms. The number of rotatable bonds is 0. The highest BCUT2D eigenvalue weighted by molar-refractivity contribution is 5.19. The Balaban J connectivity index is 3.43. The van der Waals surface area contributed by atoms with Crippen LogP contribution >= 0.6 is 0 Å². The van der Waals surface area contributed by atoms with Crippen LogP contribution in [0.2, 0.25) is 0 Å². The highest BCUT2D eigenvalue weighted by atomic mass is 16.1. The number of hydrogen-bond donors (Lipinski definition) is 1. The van der Waals surface area contributed by atoms with Gasteiger partial charge in [0.1, 0.15) is 0 Å². The average molecular weight is 123 g/mol. The van der Waals surface area contributed by atoms with Crippen LogP contribution in [0.4, 0.5) is 0 Å². The summed E-state index contributed by atoms with van der Waals surface area (Å²) in [7, 11) is 0. The molecule has 0 aliphatic carbocycles. The monoisotopic (exact) mass is 123 g/mol. The van der Waals surface area contributed by atoms with Crippen molar-refractivity contribution in [3.8, 4) is 0 Å². The molecule has 48 valence electrons. The van der Waals surface area contributed by atoms with Crippen LogP contribution in [0.3, 0.4) is 0 Å². The second kappa shape index (κ2) is 2.05. The normalized spacial score (nSPS) is 9.56. The zero-order chi connectivity index (χ0) is 6.85. The van der Waals surface area contributed by atoms with E-state index in [0.717, 1.165) is 11.1 Å². The lowest BCUT2D eigenvalue weighted by molar-refractivity contribution is 1.14. The smallest absolute Gasteiger partial charge is 0.251 e. The van der Waals surface area contributed by atoms with Crippen molar-refractivity contribution in [3.05, 3.63) is 33.7 Å². The fraction of sp³-hybridized carbons (Fsp3) is 0.286. The van der Waals surface area contributed by atoms with Crippen molar-refractivity contribution in [2.45, 2.75) is 13.8 Å². The number of hydrogen-bond acceptors (Lipinski definition) is 1. The molecule has 0 amide bonds. The van der Waals surface area contributed by atoms with Gasteiger partial charge in [0.25, 0.3) is 5.56 Å². The molecule has 0 unspecified atom stereocenters. The maximum absolute atomic E-state index is 10.8. The van der Waals surface area contributed by atoms with Gasteiger partial charge in [0.2, 0.25) is 0 Å². The molecule has 0 aromatic carbocycles. The van der Waals surface area contributed by atoms with Crippen LogP contribution in [0.1, 0.15) is 11.1 Å². The summed E-state index contributed by atoms with van der Waals surface area (Å²) in [6.07, 6.45) is 1.66. The third kappa shape index (κ3) is 1.02. The Morgan fingerprint density at radius 3 is 2.56 bits per heavy atom. The summed E-state index contributed by atoms with van der Waals surface area (Å²) in [6, 6.07) is 1.89. The molecule has 9 heavy (non-hydrogen) atoms. The Kier molecular flexibility index (Phi) is 1.39. The minimum absolute atomic E-state index is 0.00926. The van der Waals surface area contributed by atoms with Gasteiger partial charge in [-0.05, 0) is 25.5 Å². The predicted molar refractivity (Wildman–Crippen MR) is 36.5 cm³/mol. The minimum atomic E-state index is 0.00926. The van der Waals surface area contributed by atoms with Crippen molar-refractivity contribution in [1.29, 1.82) is 0 Å². The molecule has 0 atom stereocenters. The van der Waals surface area contributed by atoms with Gasteiger partial charge in [0.05, 0.1) is 0 Å². The lowest BCUT2D eigenvalue weighted by atomic mass is 10.2. The van der Waals surface area contributed by atoms with Crippen LogP contribution in [0, 0.1) is 13.8 Å².